The van der Waals surface area contributed by atoms with Gasteiger partial charge in [0.15, 0.2) is 0 Å². The van der Waals surface area contributed by atoms with Gasteiger partial charge in [0.05, 0.1) is 0 Å². The van der Waals surface area contributed by atoms with Gasteiger partial charge < -0.3 is 0 Å². The highest BCUT2D eigenvalue weighted by Crippen LogP contribution is 2.20. The second-order valence-electron chi connectivity index (χ2n) is 2.99. The monoisotopic (exact) mass is 136 g/mol. The predicted molar refractivity (Wildman–Crippen MR) is 45.9 cm³/mol. The molecule has 0 fully saturated rings. The zero-order valence-electron chi connectivity index (χ0n) is 6.93. The Morgan fingerprint density at radius 3 is 2.80 bits per heavy atom. The van der Waals surface area contributed by atoms with Crippen molar-refractivity contribution in [2.24, 2.45) is 5.92 Å². The highest BCUT2D eigenvalue weighted by atomic mass is 14.1. The van der Waals surface area contributed by atoms with Crippen LogP contribution in [0.5, 0.6) is 0 Å². The van der Waals surface area contributed by atoms with Crippen LogP contribution in [-0.4, -0.2) is 0 Å². The number of hydrogen-bond donors (Lipinski definition) is 0. The van der Waals surface area contributed by atoms with E-state index >= 15 is 0 Å². The van der Waals surface area contributed by atoms with Crippen LogP contribution in [0.4, 0.5) is 0 Å². The summed E-state index contributed by atoms with van der Waals surface area (Å²) in [5.74, 6) is 0.761. The lowest BCUT2D eigenvalue weighted by molar-refractivity contribution is 0.662. The van der Waals surface area contributed by atoms with Gasteiger partial charge >= 0.3 is 0 Å². The molecule has 0 aliphatic heterocycles. The van der Waals surface area contributed by atoms with Crippen LogP contribution in [0.1, 0.15) is 33.1 Å². The highest BCUT2D eigenvalue weighted by Gasteiger charge is 2.03. The predicted octanol–water partition coefficient (Wildman–Crippen LogP) is 3.31. The molecule has 1 aliphatic carbocycles. The van der Waals surface area contributed by atoms with E-state index < -0.39 is 0 Å². The molecule has 0 aromatic heterocycles. The number of rotatable bonds is 2. The zero-order valence-corrected chi connectivity index (χ0v) is 6.93. The van der Waals surface area contributed by atoms with Gasteiger partial charge in [-0.15, -0.1) is 0 Å². The molecular weight excluding hydrogens is 120 g/mol. The molecule has 0 amide bonds. The third-order valence-electron chi connectivity index (χ3n) is 2.21. The molecule has 1 rings (SSSR count). The van der Waals surface area contributed by atoms with Gasteiger partial charge in [-0.3, -0.25) is 0 Å². The highest BCUT2D eigenvalue weighted by molar-refractivity contribution is 5.23. The standard InChI is InChI=1S/C10H16/c1-3-9(2)10-7-5-4-6-8-10/h5,7-9H,3-4,6H2,1-2H3/t9-/m0/s1. The first kappa shape index (κ1) is 7.59. The van der Waals surface area contributed by atoms with Crippen LogP contribution in [0.3, 0.4) is 0 Å². The molecule has 10 heavy (non-hydrogen) atoms. The molecule has 1 aliphatic rings. The lowest BCUT2D eigenvalue weighted by Gasteiger charge is -2.12. The molecule has 0 spiro atoms. The summed E-state index contributed by atoms with van der Waals surface area (Å²) < 4.78 is 0. The van der Waals surface area contributed by atoms with Crippen LogP contribution in [0.25, 0.3) is 0 Å². The summed E-state index contributed by atoms with van der Waals surface area (Å²) >= 11 is 0. The summed E-state index contributed by atoms with van der Waals surface area (Å²) in [6, 6.07) is 0. The summed E-state index contributed by atoms with van der Waals surface area (Å²) in [5, 5.41) is 0. The van der Waals surface area contributed by atoms with E-state index in [0.29, 0.717) is 0 Å². The van der Waals surface area contributed by atoms with Gasteiger partial charge in [0.1, 0.15) is 0 Å². The second kappa shape index (κ2) is 3.60. The maximum atomic E-state index is 2.37. The first-order valence-electron chi connectivity index (χ1n) is 4.21. The maximum Gasteiger partial charge on any atom is -0.0196 e. The summed E-state index contributed by atoms with van der Waals surface area (Å²) in [7, 11) is 0. The summed E-state index contributed by atoms with van der Waals surface area (Å²) in [5.41, 5.74) is 1.54. The molecule has 0 aromatic carbocycles. The smallest absolute Gasteiger partial charge is 0.0196 e. The minimum absolute atomic E-state index is 0.761. The fourth-order valence-corrected chi connectivity index (χ4v) is 1.23. The molecule has 1 atom stereocenters. The molecule has 0 saturated carbocycles. The molecule has 0 nitrogen and oxygen atoms in total. The summed E-state index contributed by atoms with van der Waals surface area (Å²) in [4.78, 5) is 0. The minimum Gasteiger partial charge on any atom is -0.0840 e. The van der Waals surface area contributed by atoms with Gasteiger partial charge in [-0.2, -0.15) is 0 Å². The summed E-state index contributed by atoms with van der Waals surface area (Å²) in [6.45, 7) is 4.54. The van der Waals surface area contributed by atoms with Crippen LogP contribution < -0.4 is 0 Å². The molecular formula is C10H16. The number of allylic oxidation sites excluding steroid dienone is 4. The van der Waals surface area contributed by atoms with Crippen molar-refractivity contribution in [2.75, 3.05) is 0 Å². The van der Waals surface area contributed by atoms with Crippen LogP contribution in [0.15, 0.2) is 23.8 Å². The lowest BCUT2D eigenvalue weighted by atomic mass is 9.94. The van der Waals surface area contributed by atoms with Crippen molar-refractivity contribution in [1.82, 2.24) is 0 Å². The molecule has 0 aromatic rings. The van der Waals surface area contributed by atoms with Crippen LogP contribution >= 0.6 is 0 Å². The van der Waals surface area contributed by atoms with E-state index in [0.717, 1.165) is 5.92 Å². The van der Waals surface area contributed by atoms with Crippen molar-refractivity contribution in [3.05, 3.63) is 23.8 Å². The van der Waals surface area contributed by atoms with Gasteiger partial charge in [0, 0.05) is 0 Å². The largest absolute Gasteiger partial charge is 0.0840 e. The van der Waals surface area contributed by atoms with E-state index in [2.05, 4.69) is 32.1 Å². The molecule has 0 N–H and O–H groups in total. The van der Waals surface area contributed by atoms with E-state index in [4.69, 9.17) is 0 Å². The van der Waals surface area contributed by atoms with Crippen molar-refractivity contribution in [3.63, 3.8) is 0 Å². The van der Waals surface area contributed by atoms with E-state index in [1.807, 2.05) is 0 Å². The molecule has 0 heteroatoms. The summed E-state index contributed by atoms with van der Waals surface area (Å²) in [6.07, 6.45) is 10.7. The van der Waals surface area contributed by atoms with Crippen molar-refractivity contribution < 1.29 is 0 Å². The quantitative estimate of drug-likeness (QED) is 0.546. The van der Waals surface area contributed by atoms with Gasteiger partial charge in [-0.25, -0.2) is 0 Å². The third kappa shape index (κ3) is 1.73. The fourth-order valence-electron chi connectivity index (χ4n) is 1.23. The van der Waals surface area contributed by atoms with E-state index in [9.17, 15) is 0 Å². The average molecular weight is 136 g/mol. The van der Waals surface area contributed by atoms with Gasteiger partial charge in [-0.1, -0.05) is 32.1 Å². The minimum atomic E-state index is 0.761. The Labute approximate surface area is 63.6 Å². The fraction of sp³-hybridized carbons (Fsp3) is 0.600. The van der Waals surface area contributed by atoms with E-state index in [1.54, 1.807) is 0 Å². The first-order valence-corrected chi connectivity index (χ1v) is 4.21. The van der Waals surface area contributed by atoms with Gasteiger partial charge in [0.25, 0.3) is 0 Å². The number of hydrogen-bond acceptors (Lipinski definition) is 0. The Morgan fingerprint density at radius 2 is 2.30 bits per heavy atom. The van der Waals surface area contributed by atoms with Crippen molar-refractivity contribution in [2.45, 2.75) is 33.1 Å². The SMILES string of the molecule is CC[C@H](C)C1=CCCC=C1. The molecule has 0 saturated heterocycles. The zero-order chi connectivity index (χ0) is 7.40. The van der Waals surface area contributed by atoms with E-state index in [1.165, 1.54) is 24.8 Å². The molecule has 0 unspecified atom stereocenters. The van der Waals surface area contributed by atoms with Crippen molar-refractivity contribution in [1.29, 1.82) is 0 Å². The molecule has 56 valence electrons. The Hall–Kier alpha value is -0.520. The first-order chi connectivity index (χ1) is 4.84. The van der Waals surface area contributed by atoms with Crippen LogP contribution in [0, 0.1) is 5.92 Å². The Kier molecular flexibility index (Phi) is 2.73. The molecule has 0 radical (unpaired) electrons. The third-order valence-corrected chi connectivity index (χ3v) is 2.21. The van der Waals surface area contributed by atoms with Crippen molar-refractivity contribution in [3.8, 4) is 0 Å². The van der Waals surface area contributed by atoms with E-state index in [-0.39, 0.29) is 0 Å². The lowest BCUT2D eigenvalue weighted by Crippen LogP contribution is -1.96. The normalized spacial score (nSPS) is 20.4. The topological polar surface area (TPSA) is 0 Å². The Bertz CT molecular complexity index is 151. The maximum absolute atomic E-state index is 2.37. The van der Waals surface area contributed by atoms with Crippen LogP contribution in [-0.2, 0) is 0 Å². The molecule has 0 bridgehead atoms. The molecule has 0 heterocycles. The second-order valence-corrected chi connectivity index (χ2v) is 2.99. The Balaban J connectivity index is 2.54. The van der Waals surface area contributed by atoms with Gasteiger partial charge in [-0.05, 0) is 30.8 Å². The average Bonchev–Trinajstić information content (AvgIpc) is 2.05. The Morgan fingerprint density at radius 1 is 1.50 bits per heavy atom. The van der Waals surface area contributed by atoms with Gasteiger partial charge in [0.2, 0.25) is 0 Å². The van der Waals surface area contributed by atoms with Crippen molar-refractivity contribution >= 4 is 0 Å². The van der Waals surface area contributed by atoms with Crippen LogP contribution in [0.2, 0.25) is 0 Å².